The molecule has 0 saturated carbocycles. The Kier molecular flexibility index (Phi) is 5.17. The fourth-order valence-electron chi connectivity index (χ4n) is 1.29. The van der Waals surface area contributed by atoms with Gasteiger partial charge in [0.05, 0.1) is 5.56 Å². The molecule has 98 valence electrons. The molecule has 0 heterocycles. The summed E-state index contributed by atoms with van der Waals surface area (Å²) in [6.45, 7) is 3.76. The zero-order valence-electron chi connectivity index (χ0n) is 10.5. The molecule has 0 aliphatic rings. The van der Waals surface area contributed by atoms with Crippen molar-refractivity contribution in [1.29, 1.82) is 0 Å². The lowest BCUT2D eigenvalue weighted by Crippen LogP contribution is -2.35. The Hall–Kier alpha value is -2.04. The van der Waals surface area contributed by atoms with Crippen molar-refractivity contribution in [2.24, 2.45) is 0 Å². The van der Waals surface area contributed by atoms with Gasteiger partial charge in [-0.3, -0.25) is 4.79 Å². The Bertz CT molecular complexity index is 431. The van der Waals surface area contributed by atoms with Crippen molar-refractivity contribution in [2.75, 3.05) is 6.61 Å². The van der Waals surface area contributed by atoms with E-state index in [1.165, 1.54) is 12.1 Å². The highest BCUT2D eigenvalue weighted by atomic mass is 16.5. The number of aromatic carboxylic acids is 1. The molecular weight excluding hydrogens is 234 g/mol. The van der Waals surface area contributed by atoms with E-state index in [9.17, 15) is 9.59 Å². The molecule has 0 unspecified atom stereocenters. The average molecular weight is 251 g/mol. The smallest absolute Gasteiger partial charge is 0.335 e. The maximum absolute atomic E-state index is 11.5. The van der Waals surface area contributed by atoms with Crippen LogP contribution in [-0.2, 0) is 4.79 Å². The second-order valence-electron chi connectivity index (χ2n) is 4.00. The fraction of sp³-hybridized carbons (Fsp3) is 0.385. The van der Waals surface area contributed by atoms with Crippen molar-refractivity contribution in [2.45, 2.75) is 26.3 Å². The molecule has 0 aliphatic heterocycles. The molecule has 0 fully saturated rings. The van der Waals surface area contributed by atoms with E-state index in [2.05, 4.69) is 5.32 Å². The van der Waals surface area contributed by atoms with Crippen LogP contribution >= 0.6 is 0 Å². The van der Waals surface area contributed by atoms with Crippen molar-refractivity contribution in [1.82, 2.24) is 5.32 Å². The molecule has 1 amide bonds. The van der Waals surface area contributed by atoms with E-state index in [0.29, 0.717) is 5.75 Å². The summed E-state index contributed by atoms with van der Waals surface area (Å²) < 4.78 is 5.23. The quantitative estimate of drug-likeness (QED) is 0.806. The van der Waals surface area contributed by atoms with Crippen LogP contribution in [0, 0.1) is 0 Å². The Balaban J connectivity index is 2.50. The molecule has 0 spiro atoms. The zero-order chi connectivity index (χ0) is 13.5. The SMILES string of the molecule is CC[C@@H](C)NC(=O)COc1cccc(C(=O)O)c1. The molecule has 1 aromatic carbocycles. The van der Waals surface area contributed by atoms with Crippen LogP contribution < -0.4 is 10.1 Å². The van der Waals surface area contributed by atoms with E-state index < -0.39 is 5.97 Å². The minimum Gasteiger partial charge on any atom is -0.484 e. The van der Waals surface area contributed by atoms with Crippen molar-refractivity contribution < 1.29 is 19.4 Å². The number of carboxylic acids is 1. The zero-order valence-corrected chi connectivity index (χ0v) is 10.5. The number of nitrogens with one attached hydrogen (secondary N) is 1. The second kappa shape index (κ2) is 6.64. The molecule has 1 rings (SSSR count). The summed E-state index contributed by atoms with van der Waals surface area (Å²) in [5.41, 5.74) is 0.134. The summed E-state index contributed by atoms with van der Waals surface area (Å²) in [6, 6.07) is 6.15. The Labute approximate surface area is 106 Å². The Morgan fingerprint density at radius 1 is 1.44 bits per heavy atom. The number of carboxylic acid groups (broad SMARTS) is 1. The third-order valence-electron chi connectivity index (χ3n) is 2.47. The molecular formula is C13H17NO4. The van der Waals surface area contributed by atoms with Gasteiger partial charge in [-0.2, -0.15) is 0 Å². The molecule has 0 bridgehead atoms. The van der Waals surface area contributed by atoms with Gasteiger partial charge in [-0.25, -0.2) is 4.79 Å². The highest BCUT2D eigenvalue weighted by Crippen LogP contribution is 2.13. The third-order valence-corrected chi connectivity index (χ3v) is 2.47. The van der Waals surface area contributed by atoms with E-state index in [0.717, 1.165) is 6.42 Å². The number of benzene rings is 1. The van der Waals surface area contributed by atoms with Crippen LogP contribution in [0.1, 0.15) is 30.6 Å². The van der Waals surface area contributed by atoms with E-state index in [1.54, 1.807) is 12.1 Å². The molecule has 0 aliphatic carbocycles. The van der Waals surface area contributed by atoms with E-state index in [4.69, 9.17) is 9.84 Å². The Morgan fingerprint density at radius 2 is 2.17 bits per heavy atom. The van der Waals surface area contributed by atoms with Crippen molar-refractivity contribution >= 4 is 11.9 Å². The van der Waals surface area contributed by atoms with Gasteiger partial charge in [0.15, 0.2) is 6.61 Å². The molecule has 0 aromatic heterocycles. The molecule has 5 heteroatoms. The first-order chi connectivity index (χ1) is 8.52. The standard InChI is InChI=1S/C13H17NO4/c1-3-9(2)14-12(15)8-18-11-6-4-5-10(7-11)13(16)17/h4-7,9H,3,8H2,1-2H3,(H,14,15)(H,16,17)/t9-/m1/s1. The molecule has 1 atom stereocenters. The topological polar surface area (TPSA) is 75.6 Å². The average Bonchev–Trinajstić information content (AvgIpc) is 2.36. The van der Waals surface area contributed by atoms with Crippen molar-refractivity contribution in [3.05, 3.63) is 29.8 Å². The summed E-state index contributed by atoms with van der Waals surface area (Å²) in [6.07, 6.45) is 0.847. The highest BCUT2D eigenvalue weighted by molar-refractivity contribution is 5.88. The van der Waals surface area contributed by atoms with Crippen LogP contribution in [0.3, 0.4) is 0 Å². The van der Waals surface area contributed by atoms with Gasteiger partial charge < -0.3 is 15.2 Å². The molecule has 18 heavy (non-hydrogen) atoms. The van der Waals surface area contributed by atoms with Crippen LogP contribution in [-0.4, -0.2) is 29.6 Å². The summed E-state index contributed by atoms with van der Waals surface area (Å²) in [5, 5.41) is 11.6. The van der Waals surface area contributed by atoms with Gasteiger partial charge in [-0.15, -0.1) is 0 Å². The monoisotopic (exact) mass is 251 g/mol. The normalized spacial score (nSPS) is 11.7. The summed E-state index contributed by atoms with van der Waals surface area (Å²) in [4.78, 5) is 22.2. The van der Waals surface area contributed by atoms with Gasteiger partial charge in [-0.1, -0.05) is 13.0 Å². The second-order valence-corrected chi connectivity index (χ2v) is 4.00. The van der Waals surface area contributed by atoms with E-state index in [1.807, 2.05) is 13.8 Å². The van der Waals surface area contributed by atoms with Crippen LogP contribution in [0.2, 0.25) is 0 Å². The van der Waals surface area contributed by atoms with E-state index >= 15 is 0 Å². The van der Waals surface area contributed by atoms with Crippen molar-refractivity contribution in [3.8, 4) is 5.75 Å². The van der Waals surface area contributed by atoms with Gasteiger partial charge in [0.2, 0.25) is 0 Å². The molecule has 1 aromatic rings. The predicted octanol–water partition coefficient (Wildman–Crippen LogP) is 1.68. The minimum atomic E-state index is -1.02. The lowest BCUT2D eigenvalue weighted by Gasteiger charge is -2.12. The summed E-state index contributed by atoms with van der Waals surface area (Å²) >= 11 is 0. The lowest BCUT2D eigenvalue weighted by molar-refractivity contribution is -0.123. The van der Waals surface area contributed by atoms with Crippen LogP contribution in [0.25, 0.3) is 0 Å². The summed E-state index contributed by atoms with van der Waals surface area (Å²) in [7, 11) is 0. The van der Waals surface area contributed by atoms with Crippen LogP contribution in [0.4, 0.5) is 0 Å². The maximum Gasteiger partial charge on any atom is 0.335 e. The Morgan fingerprint density at radius 3 is 2.78 bits per heavy atom. The van der Waals surface area contributed by atoms with Gasteiger partial charge in [0, 0.05) is 6.04 Å². The maximum atomic E-state index is 11.5. The largest absolute Gasteiger partial charge is 0.484 e. The number of carbonyl (C=O) groups excluding carboxylic acids is 1. The van der Waals surface area contributed by atoms with Crippen molar-refractivity contribution in [3.63, 3.8) is 0 Å². The van der Waals surface area contributed by atoms with Crippen LogP contribution in [0.5, 0.6) is 5.75 Å². The molecule has 0 saturated heterocycles. The van der Waals surface area contributed by atoms with E-state index in [-0.39, 0.29) is 24.1 Å². The number of hydrogen-bond donors (Lipinski definition) is 2. The first kappa shape index (κ1) is 14.0. The van der Waals surface area contributed by atoms with Crippen LogP contribution in [0.15, 0.2) is 24.3 Å². The minimum absolute atomic E-state index is 0.103. The predicted molar refractivity (Wildman–Crippen MR) is 66.8 cm³/mol. The van der Waals surface area contributed by atoms with Gasteiger partial charge >= 0.3 is 5.97 Å². The molecule has 0 radical (unpaired) electrons. The first-order valence-electron chi connectivity index (χ1n) is 5.78. The third kappa shape index (κ3) is 4.45. The number of amides is 1. The van der Waals surface area contributed by atoms with Gasteiger partial charge in [-0.05, 0) is 31.5 Å². The highest BCUT2D eigenvalue weighted by Gasteiger charge is 2.08. The number of ether oxygens (including phenoxy) is 1. The number of rotatable bonds is 6. The lowest BCUT2D eigenvalue weighted by atomic mass is 10.2. The molecule has 2 N–H and O–H groups in total. The number of carbonyl (C=O) groups is 2. The van der Waals surface area contributed by atoms with Gasteiger partial charge in [0.1, 0.15) is 5.75 Å². The summed E-state index contributed by atoms with van der Waals surface area (Å²) in [5.74, 6) is -0.871. The molecule has 5 nitrogen and oxygen atoms in total. The first-order valence-corrected chi connectivity index (χ1v) is 5.78. The van der Waals surface area contributed by atoms with Gasteiger partial charge in [0.25, 0.3) is 5.91 Å². The fourth-order valence-corrected chi connectivity index (χ4v) is 1.29. The number of hydrogen-bond acceptors (Lipinski definition) is 3.